The van der Waals surface area contributed by atoms with E-state index in [0.29, 0.717) is 5.69 Å². The van der Waals surface area contributed by atoms with E-state index in [4.69, 9.17) is 4.74 Å². The molecule has 1 aromatic heterocycles. The highest BCUT2D eigenvalue weighted by Crippen LogP contribution is 2.25. The van der Waals surface area contributed by atoms with Gasteiger partial charge in [-0.3, -0.25) is 4.79 Å². The molecule has 8 heteroatoms. The van der Waals surface area contributed by atoms with E-state index in [9.17, 15) is 13.2 Å². The molecule has 2 aromatic rings. The number of hydrogen-bond donors (Lipinski definition) is 2. The molecule has 0 aliphatic carbocycles. The smallest absolute Gasteiger partial charge is 0.240 e. The van der Waals surface area contributed by atoms with E-state index in [-0.39, 0.29) is 29.4 Å². The molecule has 0 aliphatic heterocycles. The van der Waals surface area contributed by atoms with Crippen molar-refractivity contribution >= 4 is 33.0 Å². The number of carbonyl (C=O) groups excluding carboxylic acids is 1. The van der Waals surface area contributed by atoms with Gasteiger partial charge in [-0.05, 0) is 43.3 Å². The molecule has 0 saturated carbocycles. The summed E-state index contributed by atoms with van der Waals surface area (Å²) in [7, 11) is -2.11. The molecule has 2 N–H and O–H groups in total. The number of aryl methyl sites for hydroxylation is 1. The van der Waals surface area contributed by atoms with Gasteiger partial charge in [-0.2, -0.15) is 0 Å². The Labute approximate surface area is 158 Å². The standard InChI is InChI=1S/C18H24N2O4S2/c1-12(2)18(21)20-14-6-8-15(9-7-14)26(22,23)19-11-16(24-4)17-10-5-13(3)25-17/h5-10,12,16,19H,11H2,1-4H3,(H,20,21). The molecule has 1 heterocycles. The molecular formula is C18H24N2O4S2. The third-order valence-corrected chi connectivity index (χ3v) is 6.31. The summed E-state index contributed by atoms with van der Waals surface area (Å²) in [5.41, 5.74) is 0.562. The maximum atomic E-state index is 12.5. The zero-order valence-corrected chi connectivity index (χ0v) is 16.9. The molecule has 0 radical (unpaired) electrons. The Morgan fingerprint density at radius 3 is 2.31 bits per heavy atom. The number of anilines is 1. The van der Waals surface area contributed by atoms with Gasteiger partial charge in [0.15, 0.2) is 0 Å². The highest BCUT2D eigenvalue weighted by molar-refractivity contribution is 7.89. The first kappa shape index (κ1) is 20.6. The van der Waals surface area contributed by atoms with Crippen molar-refractivity contribution in [2.45, 2.75) is 31.8 Å². The predicted octanol–water partition coefficient (Wildman–Crippen LogP) is 3.32. The molecule has 1 atom stereocenters. The maximum absolute atomic E-state index is 12.5. The van der Waals surface area contributed by atoms with Gasteiger partial charge >= 0.3 is 0 Å². The van der Waals surface area contributed by atoms with Gasteiger partial charge in [0.2, 0.25) is 15.9 Å². The average Bonchev–Trinajstić information content (AvgIpc) is 3.02. The molecule has 142 valence electrons. The summed E-state index contributed by atoms with van der Waals surface area (Å²) in [6.45, 7) is 5.72. The van der Waals surface area contributed by atoms with Gasteiger partial charge in [0, 0.05) is 35.0 Å². The van der Waals surface area contributed by atoms with E-state index in [1.807, 2.05) is 19.1 Å². The number of thiophene rings is 1. The lowest BCUT2D eigenvalue weighted by Gasteiger charge is -2.15. The van der Waals surface area contributed by atoms with E-state index in [0.717, 1.165) is 9.75 Å². The van der Waals surface area contributed by atoms with Gasteiger partial charge in [-0.25, -0.2) is 13.1 Å². The fourth-order valence-electron chi connectivity index (χ4n) is 2.20. The Bertz CT molecular complexity index is 842. The summed E-state index contributed by atoms with van der Waals surface area (Å²) >= 11 is 1.58. The summed E-state index contributed by atoms with van der Waals surface area (Å²) in [6, 6.07) is 10.0. The maximum Gasteiger partial charge on any atom is 0.240 e. The Morgan fingerprint density at radius 1 is 1.15 bits per heavy atom. The molecule has 0 spiro atoms. The minimum absolute atomic E-state index is 0.118. The fraction of sp³-hybridized carbons (Fsp3) is 0.389. The van der Waals surface area contributed by atoms with Crippen LogP contribution < -0.4 is 10.0 Å². The van der Waals surface area contributed by atoms with E-state index < -0.39 is 10.0 Å². The first-order valence-electron chi connectivity index (χ1n) is 8.22. The SMILES string of the molecule is COC(CNS(=O)(=O)c1ccc(NC(=O)C(C)C)cc1)c1ccc(C)s1. The van der Waals surface area contributed by atoms with Gasteiger partial charge in [-0.1, -0.05) is 13.8 Å². The van der Waals surface area contributed by atoms with Crippen LogP contribution in [0.2, 0.25) is 0 Å². The summed E-state index contributed by atoms with van der Waals surface area (Å²) in [5, 5.41) is 2.73. The number of carbonyl (C=O) groups is 1. The zero-order chi connectivity index (χ0) is 19.3. The molecule has 0 saturated heterocycles. The summed E-state index contributed by atoms with van der Waals surface area (Å²) in [6.07, 6.45) is -0.340. The predicted molar refractivity (Wildman–Crippen MR) is 104 cm³/mol. The van der Waals surface area contributed by atoms with E-state index in [2.05, 4.69) is 10.0 Å². The van der Waals surface area contributed by atoms with Crippen molar-refractivity contribution in [1.82, 2.24) is 4.72 Å². The van der Waals surface area contributed by atoms with Crippen LogP contribution in [0.1, 0.15) is 29.7 Å². The number of hydrogen-bond acceptors (Lipinski definition) is 5. The third-order valence-electron chi connectivity index (χ3n) is 3.78. The van der Waals surface area contributed by atoms with E-state index >= 15 is 0 Å². The topological polar surface area (TPSA) is 84.5 Å². The highest BCUT2D eigenvalue weighted by atomic mass is 32.2. The highest BCUT2D eigenvalue weighted by Gasteiger charge is 2.19. The third kappa shape index (κ3) is 5.38. The van der Waals surface area contributed by atoms with Crippen LogP contribution in [0.25, 0.3) is 0 Å². The van der Waals surface area contributed by atoms with Gasteiger partial charge in [0.05, 0.1) is 4.90 Å². The van der Waals surface area contributed by atoms with Crippen LogP contribution in [0.3, 0.4) is 0 Å². The molecule has 2 rings (SSSR count). The van der Waals surface area contributed by atoms with Gasteiger partial charge in [0.25, 0.3) is 0 Å². The van der Waals surface area contributed by atoms with Crippen LogP contribution in [0, 0.1) is 12.8 Å². The van der Waals surface area contributed by atoms with Crippen LogP contribution in [0.15, 0.2) is 41.3 Å². The number of nitrogens with one attached hydrogen (secondary N) is 2. The van der Waals surface area contributed by atoms with Gasteiger partial charge in [0.1, 0.15) is 6.10 Å². The summed E-state index contributed by atoms with van der Waals surface area (Å²) < 4.78 is 32.9. The Balaban J connectivity index is 2.03. The van der Waals surface area contributed by atoms with Crippen molar-refractivity contribution in [3.63, 3.8) is 0 Å². The van der Waals surface area contributed by atoms with Crippen molar-refractivity contribution in [1.29, 1.82) is 0 Å². The van der Waals surface area contributed by atoms with E-state index in [1.165, 1.54) is 12.1 Å². The first-order valence-corrected chi connectivity index (χ1v) is 10.5. The average molecular weight is 397 g/mol. The first-order chi connectivity index (χ1) is 12.2. The number of ether oxygens (including phenoxy) is 1. The lowest BCUT2D eigenvalue weighted by Crippen LogP contribution is -2.29. The fourth-order valence-corrected chi connectivity index (χ4v) is 4.19. The lowest BCUT2D eigenvalue weighted by atomic mass is 10.2. The van der Waals surface area contributed by atoms with Crippen LogP contribution >= 0.6 is 11.3 Å². The van der Waals surface area contributed by atoms with Crippen molar-refractivity contribution in [2.24, 2.45) is 5.92 Å². The summed E-state index contributed by atoms with van der Waals surface area (Å²) in [4.78, 5) is 13.9. The molecular weight excluding hydrogens is 372 g/mol. The number of methoxy groups -OCH3 is 1. The second-order valence-electron chi connectivity index (χ2n) is 6.19. The lowest BCUT2D eigenvalue weighted by molar-refractivity contribution is -0.118. The quantitative estimate of drug-likeness (QED) is 0.717. The van der Waals surface area contributed by atoms with Crippen molar-refractivity contribution in [3.8, 4) is 0 Å². The van der Waals surface area contributed by atoms with Crippen molar-refractivity contribution in [2.75, 3.05) is 19.0 Å². The van der Waals surface area contributed by atoms with E-state index in [1.54, 1.807) is 44.4 Å². The molecule has 1 aromatic carbocycles. The molecule has 26 heavy (non-hydrogen) atoms. The Kier molecular flexibility index (Phi) is 6.94. The minimum atomic E-state index is -3.67. The van der Waals surface area contributed by atoms with Crippen molar-refractivity contribution < 1.29 is 17.9 Å². The van der Waals surface area contributed by atoms with Crippen LogP contribution in [0.5, 0.6) is 0 Å². The summed E-state index contributed by atoms with van der Waals surface area (Å²) in [5.74, 6) is -0.264. The zero-order valence-electron chi connectivity index (χ0n) is 15.3. The molecule has 0 aliphatic rings. The molecule has 1 unspecified atom stereocenters. The molecule has 0 bridgehead atoms. The van der Waals surface area contributed by atoms with Gasteiger partial charge in [-0.15, -0.1) is 11.3 Å². The number of amides is 1. The van der Waals surface area contributed by atoms with Gasteiger partial charge < -0.3 is 10.1 Å². The van der Waals surface area contributed by atoms with Crippen LogP contribution in [-0.4, -0.2) is 28.0 Å². The second-order valence-corrected chi connectivity index (χ2v) is 9.28. The number of sulfonamides is 1. The Morgan fingerprint density at radius 2 is 1.81 bits per heavy atom. The van der Waals surface area contributed by atoms with Crippen LogP contribution in [-0.2, 0) is 19.6 Å². The normalized spacial score (nSPS) is 13.0. The monoisotopic (exact) mass is 396 g/mol. The van der Waals surface area contributed by atoms with Crippen LogP contribution in [0.4, 0.5) is 5.69 Å². The number of benzene rings is 1. The van der Waals surface area contributed by atoms with Crippen molar-refractivity contribution in [3.05, 3.63) is 46.2 Å². The molecule has 1 amide bonds. The second kappa shape index (κ2) is 8.77. The Hall–Kier alpha value is -1.74. The molecule has 6 nitrogen and oxygen atoms in total. The number of rotatable bonds is 8. The molecule has 0 fully saturated rings. The minimum Gasteiger partial charge on any atom is -0.375 e. The largest absolute Gasteiger partial charge is 0.375 e.